The number of hydrogen-bond donors (Lipinski definition) is 2. The number of hydrogen-bond acceptors (Lipinski definition) is 3. The van der Waals surface area contributed by atoms with Crippen molar-refractivity contribution < 1.29 is 14.7 Å². The van der Waals surface area contributed by atoms with Crippen molar-refractivity contribution in [2.75, 3.05) is 24.6 Å². The molecule has 0 unspecified atom stereocenters. The molecule has 1 aliphatic rings. The van der Waals surface area contributed by atoms with Crippen molar-refractivity contribution in [2.24, 2.45) is 0 Å². The SMILES string of the molecule is O=C1NCCN(c2cccc(CCCO)c2)C1=O. The first-order chi connectivity index (χ1) is 8.72. The molecule has 18 heavy (non-hydrogen) atoms. The molecular weight excluding hydrogens is 232 g/mol. The summed E-state index contributed by atoms with van der Waals surface area (Å²) in [6.07, 6.45) is 1.45. The highest BCUT2D eigenvalue weighted by Crippen LogP contribution is 2.18. The van der Waals surface area contributed by atoms with Gasteiger partial charge in [0.25, 0.3) is 0 Å². The van der Waals surface area contributed by atoms with Gasteiger partial charge in [0.05, 0.1) is 0 Å². The minimum absolute atomic E-state index is 0.148. The zero-order valence-electron chi connectivity index (χ0n) is 10.1. The maximum atomic E-state index is 11.7. The third-order valence-electron chi connectivity index (χ3n) is 2.91. The van der Waals surface area contributed by atoms with Gasteiger partial charge in [-0.1, -0.05) is 12.1 Å². The first-order valence-electron chi connectivity index (χ1n) is 6.02. The Balaban J connectivity index is 2.16. The van der Waals surface area contributed by atoms with Crippen molar-refractivity contribution in [3.05, 3.63) is 29.8 Å². The zero-order valence-corrected chi connectivity index (χ0v) is 10.1. The number of aryl methyl sites for hydroxylation is 1. The number of piperazine rings is 1. The van der Waals surface area contributed by atoms with Crippen LogP contribution in [0.4, 0.5) is 5.69 Å². The Morgan fingerprint density at radius 2 is 2.17 bits per heavy atom. The Hall–Kier alpha value is -1.88. The number of nitrogens with one attached hydrogen (secondary N) is 1. The van der Waals surface area contributed by atoms with Gasteiger partial charge in [-0.3, -0.25) is 9.59 Å². The molecule has 0 saturated carbocycles. The molecule has 1 aliphatic heterocycles. The largest absolute Gasteiger partial charge is 0.396 e. The quantitative estimate of drug-likeness (QED) is 0.741. The molecule has 2 N–H and O–H groups in total. The van der Waals surface area contributed by atoms with E-state index in [0.29, 0.717) is 19.5 Å². The normalized spacial score (nSPS) is 15.7. The van der Waals surface area contributed by atoms with Crippen molar-refractivity contribution >= 4 is 17.5 Å². The molecule has 1 fully saturated rings. The molecule has 1 aromatic rings. The fourth-order valence-corrected chi connectivity index (χ4v) is 1.99. The van der Waals surface area contributed by atoms with Crippen molar-refractivity contribution in [1.82, 2.24) is 5.32 Å². The standard InChI is InChI=1S/C13H16N2O3/c16-8-2-4-10-3-1-5-11(9-10)15-7-6-14-12(17)13(15)18/h1,3,5,9,16H,2,4,6-8H2,(H,14,17). The second-order valence-corrected chi connectivity index (χ2v) is 4.21. The molecule has 0 spiro atoms. The van der Waals surface area contributed by atoms with Crippen molar-refractivity contribution in [3.8, 4) is 0 Å². The molecule has 5 nitrogen and oxygen atoms in total. The monoisotopic (exact) mass is 248 g/mol. The second-order valence-electron chi connectivity index (χ2n) is 4.21. The van der Waals surface area contributed by atoms with Gasteiger partial charge < -0.3 is 15.3 Å². The van der Waals surface area contributed by atoms with Gasteiger partial charge in [0.15, 0.2) is 0 Å². The van der Waals surface area contributed by atoms with Gasteiger partial charge in [0, 0.05) is 25.4 Å². The molecule has 0 bridgehead atoms. The van der Waals surface area contributed by atoms with E-state index in [2.05, 4.69) is 5.32 Å². The highest BCUT2D eigenvalue weighted by molar-refractivity contribution is 6.41. The van der Waals surface area contributed by atoms with Crippen molar-refractivity contribution in [3.63, 3.8) is 0 Å². The number of aliphatic hydroxyl groups excluding tert-OH is 1. The number of benzene rings is 1. The van der Waals surface area contributed by atoms with Crippen molar-refractivity contribution in [1.29, 1.82) is 0 Å². The van der Waals surface area contributed by atoms with Gasteiger partial charge >= 0.3 is 11.8 Å². The summed E-state index contributed by atoms with van der Waals surface area (Å²) in [6.45, 7) is 1.12. The number of amides is 2. The van der Waals surface area contributed by atoms with E-state index in [1.54, 1.807) is 0 Å². The van der Waals surface area contributed by atoms with E-state index in [0.717, 1.165) is 17.7 Å². The maximum absolute atomic E-state index is 11.7. The summed E-state index contributed by atoms with van der Waals surface area (Å²) >= 11 is 0. The van der Waals surface area contributed by atoms with E-state index in [9.17, 15) is 9.59 Å². The molecule has 1 saturated heterocycles. The fourth-order valence-electron chi connectivity index (χ4n) is 1.99. The molecule has 0 radical (unpaired) electrons. The average Bonchev–Trinajstić information content (AvgIpc) is 2.40. The van der Waals surface area contributed by atoms with E-state index in [1.807, 2.05) is 24.3 Å². The first-order valence-corrected chi connectivity index (χ1v) is 6.02. The Bertz CT molecular complexity index is 459. The first kappa shape index (κ1) is 12.6. The Kier molecular flexibility index (Phi) is 3.94. The summed E-state index contributed by atoms with van der Waals surface area (Å²) in [5.74, 6) is -1.07. The smallest absolute Gasteiger partial charge is 0.316 e. The second kappa shape index (κ2) is 5.64. The van der Waals surface area contributed by atoms with Crippen LogP contribution in [-0.2, 0) is 16.0 Å². The number of nitrogens with zero attached hydrogens (tertiary/aromatic N) is 1. The number of carbonyl (C=O) groups is 2. The molecular formula is C13H16N2O3. The molecule has 1 heterocycles. The van der Waals surface area contributed by atoms with E-state index >= 15 is 0 Å². The van der Waals surface area contributed by atoms with Crippen LogP contribution in [0.1, 0.15) is 12.0 Å². The lowest BCUT2D eigenvalue weighted by Gasteiger charge is -2.26. The highest BCUT2D eigenvalue weighted by Gasteiger charge is 2.27. The predicted molar refractivity (Wildman–Crippen MR) is 67.2 cm³/mol. The van der Waals surface area contributed by atoms with Crippen LogP contribution < -0.4 is 10.2 Å². The fraction of sp³-hybridized carbons (Fsp3) is 0.385. The molecule has 0 atom stereocenters. The van der Waals surface area contributed by atoms with Crippen molar-refractivity contribution in [2.45, 2.75) is 12.8 Å². The van der Waals surface area contributed by atoms with E-state index in [1.165, 1.54) is 4.90 Å². The summed E-state index contributed by atoms with van der Waals surface area (Å²) in [4.78, 5) is 24.5. The minimum Gasteiger partial charge on any atom is -0.396 e. The molecule has 1 aromatic carbocycles. The van der Waals surface area contributed by atoms with Gasteiger partial charge in [-0.15, -0.1) is 0 Å². The maximum Gasteiger partial charge on any atom is 0.316 e. The Morgan fingerprint density at radius 3 is 2.94 bits per heavy atom. The van der Waals surface area contributed by atoms with Gasteiger partial charge in [0.2, 0.25) is 0 Å². The molecule has 0 aliphatic carbocycles. The van der Waals surface area contributed by atoms with Gasteiger partial charge in [-0.05, 0) is 30.5 Å². The lowest BCUT2D eigenvalue weighted by Crippen LogP contribution is -2.52. The van der Waals surface area contributed by atoms with Crippen LogP contribution >= 0.6 is 0 Å². The molecule has 2 rings (SSSR count). The van der Waals surface area contributed by atoms with E-state index < -0.39 is 11.8 Å². The predicted octanol–water partition coefficient (Wildman–Crippen LogP) is 0.0743. The molecule has 0 aromatic heterocycles. The van der Waals surface area contributed by atoms with Crippen LogP contribution in [0.5, 0.6) is 0 Å². The zero-order chi connectivity index (χ0) is 13.0. The number of carbonyl (C=O) groups excluding carboxylic acids is 2. The summed E-state index contributed by atoms with van der Waals surface area (Å²) in [7, 11) is 0. The summed E-state index contributed by atoms with van der Waals surface area (Å²) < 4.78 is 0. The lowest BCUT2D eigenvalue weighted by atomic mass is 10.1. The number of anilines is 1. The summed E-state index contributed by atoms with van der Waals surface area (Å²) in [6, 6.07) is 7.53. The topological polar surface area (TPSA) is 69.6 Å². The summed E-state index contributed by atoms with van der Waals surface area (Å²) in [5.41, 5.74) is 1.80. The Labute approximate surface area is 105 Å². The van der Waals surface area contributed by atoms with E-state index in [-0.39, 0.29) is 6.61 Å². The van der Waals surface area contributed by atoms with Gasteiger partial charge in [0.1, 0.15) is 0 Å². The third kappa shape index (κ3) is 2.68. The van der Waals surface area contributed by atoms with Crippen LogP contribution in [0, 0.1) is 0 Å². The van der Waals surface area contributed by atoms with Gasteiger partial charge in [-0.25, -0.2) is 0 Å². The lowest BCUT2D eigenvalue weighted by molar-refractivity contribution is -0.138. The van der Waals surface area contributed by atoms with Gasteiger partial charge in [-0.2, -0.15) is 0 Å². The van der Waals surface area contributed by atoms with Crippen LogP contribution in [0.2, 0.25) is 0 Å². The molecule has 5 heteroatoms. The molecule has 2 amide bonds. The Morgan fingerprint density at radius 1 is 1.33 bits per heavy atom. The van der Waals surface area contributed by atoms with Crippen LogP contribution in [0.15, 0.2) is 24.3 Å². The van der Waals surface area contributed by atoms with Crippen LogP contribution in [-0.4, -0.2) is 36.6 Å². The third-order valence-corrected chi connectivity index (χ3v) is 2.91. The molecule has 96 valence electrons. The number of aliphatic hydroxyl groups is 1. The average molecular weight is 248 g/mol. The minimum atomic E-state index is -0.554. The number of rotatable bonds is 4. The van der Waals surface area contributed by atoms with E-state index in [4.69, 9.17) is 5.11 Å². The van der Waals surface area contributed by atoms with Crippen LogP contribution in [0.3, 0.4) is 0 Å². The summed E-state index contributed by atoms with van der Waals surface area (Å²) in [5, 5.41) is 11.3. The van der Waals surface area contributed by atoms with Crippen LogP contribution in [0.25, 0.3) is 0 Å². The highest BCUT2D eigenvalue weighted by atomic mass is 16.3.